The number of halogens is 1. The number of hydrogen-bond acceptors (Lipinski definition) is 1. The van der Waals surface area contributed by atoms with Gasteiger partial charge in [-0.05, 0) is 64.8 Å². The van der Waals surface area contributed by atoms with E-state index in [0.29, 0.717) is 11.6 Å². The maximum absolute atomic E-state index is 6.48. The summed E-state index contributed by atoms with van der Waals surface area (Å²) < 4.78 is 6.17. The van der Waals surface area contributed by atoms with E-state index in [1.807, 2.05) is 0 Å². The van der Waals surface area contributed by atoms with Gasteiger partial charge in [0, 0.05) is 0 Å². The first kappa shape index (κ1) is 19.5. The van der Waals surface area contributed by atoms with Crippen LogP contribution in [-0.4, -0.2) is 0 Å². The van der Waals surface area contributed by atoms with Gasteiger partial charge in [-0.1, -0.05) is 80.9 Å². The van der Waals surface area contributed by atoms with Crippen molar-refractivity contribution in [2.75, 3.05) is 0 Å². The van der Waals surface area contributed by atoms with Crippen molar-refractivity contribution in [3.05, 3.63) is 87.9 Å². The van der Waals surface area contributed by atoms with Crippen LogP contribution >= 0.6 is 11.6 Å². The molecule has 0 heterocycles. The fraction of sp³-hybridized carbons (Fsp3) is 0.280. The molecule has 3 rings (SSSR count). The second kappa shape index (κ2) is 9.10. The molecular weight excluding hydrogens is 352 g/mol. The number of rotatable bonds is 7. The molecule has 0 bridgehead atoms. The van der Waals surface area contributed by atoms with Crippen LogP contribution in [0.4, 0.5) is 0 Å². The average molecular weight is 379 g/mol. The zero-order chi connectivity index (χ0) is 19.2. The van der Waals surface area contributed by atoms with E-state index in [-0.39, 0.29) is 0 Å². The van der Waals surface area contributed by atoms with Crippen molar-refractivity contribution in [3.63, 3.8) is 0 Å². The summed E-state index contributed by atoms with van der Waals surface area (Å²) in [5.41, 5.74) is 7.68. The van der Waals surface area contributed by atoms with E-state index < -0.39 is 0 Å². The van der Waals surface area contributed by atoms with Gasteiger partial charge in [-0.25, -0.2) is 0 Å². The van der Waals surface area contributed by atoms with Crippen LogP contribution in [0, 0.1) is 0 Å². The van der Waals surface area contributed by atoms with Crippen LogP contribution in [0.5, 0.6) is 5.75 Å². The van der Waals surface area contributed by atoms with E-state index in [9.17, 15) is 0 Å². The average Bonchev–Trinajstić information content (AvgIpc) is 2.72. The number of benzene rings is 3. The second-order valence-corrected chi connectivity index (χ2v) is 7.12. The van der Waals surface area contributed by atoms with Crippen LogP contribution in [0.25, 0.3) is 11.1 Å². The molecule has 140 valence electrons. The smallest absolute Gasteiger partial charge is 0.138 e. The highest BCUT2D eigenvalue weighted by Crippen LogP contribution is 2.32. The molecule has 0 fully saturated rings. The van der Waals surface area contributed by atoms with Crippen molar-refractivity contribution in [2.24, 2.45) is 0 Å². The summed E-state index contributed by atoms with van der Waals surface area (Å²) in [4.78, 5) is 0. The summed E-state index contributed by atoms with van der Waals surface area (Å²) in [6, 6.07) is 21.1. The molecular formula is C25H27ClO. The molecule has 0 unspecified atom stereocenters. The maximum atomic E-state index is 6.48. The summed E-state index contributed by atoms with van der Waals surface area (Å²) in [5, 5.41) is 0.696. The molecule has 0 aliphatic heterocycles. The Bertz CT molecular complexity index is 900. The van der Waals surface area contributed by atoms with Crippen LogP contribution in [0.2, 0.25) is 5.02 Å². The van der Waals surface area contributed by atoms with Crippen LogP contribution in [0.3, 0.4) is 0 Å². The summed E-state index contributed by atoms with van der Waals surface area (Å²) in [5.74, 6) is 0.776. The topological polar surface area (TPSA) is 9.23 Å². The summed E-state index contributed by atoms with van der Waals surface area (Å²) >= 11 is 6.48. The fourth-order valence-corrected chi connectivity index (χ4v) is 3.88. The van der Waals surface area contributed by atoms with E-state index in [1.54, 1.807) is 0 Å². The molecule has 0 amide bonds. The number of aryl methyl sites for hydroxylation is 2. The molecule has 1 nitrogen and oxygen atoms in total. The fourth-order valence-electron chi connectivity index (χ4n) is 3.64. The quantitative estimate of drug-likeness (QED) is 0.420. The SMILES string of the molecule is CCc1cc(Cl)c(OCc2cccc(-c3ccccc3)c2CC)cc1CC. The molecule has 0 saturated heterocycles. The zero-order valence-electron chi connectivity index (χ0n) is 16.4. The zero-order valence-corrected chi connectivity index (χ0v) is 17.1. The van der Waals surface area contributed by atoms with E-state index in [4.69, 9.17) is 16.3 Å². The standard InChI is InChI=1S/C25H27ClO/c1-4-18-15-24(26)25(16-19(18)5-2)27-17-21-13-10-14-23(22(21)6-3)20-11-8-7-9-12-20/h7-16H,4-6,17H2,1-3H3. The van der Waals surface area contributed by atoms with Gasteiger partial charge < -0.3 is 4.74 Å². The van der Waals surface area contributed by atoms with Crippen LogP contribution in [0.15, 0.2) is 60.7 Å². The lowest BCUT2D eigenvalue weighted by Crippen LogP contribution is -2.03. The molecule has 0 N–H and O–H groups in total. The van der Waals surface area contributed by atoms with Crippen LogP contribution < -0.4 is 4.74 Å². The van der Waals surface area contributed by atoms with Gasteiger partial charge in [0.05, 0.1) is 5.02 Å². The van der Waals surface area contributed by atoms with Crippen LogP contribution in [-0.2, 0) is 25.9 Å². The summed E-state index contributed by atoms with van der Waals surface area (Å²) in [6.07, 6.45) is 2.94. The van der Waals surface area contributed by atoms with Gasteiger partial charge in [-0.2, -0.15) is 0 Å². The Kier molecular flexibility index (Phi) is 6.58. The lowest BCUT2D eigenvalue weighted by molar-refractivity contribution is 0.305. The largest absolute Gasteiger partial charge is 0.487 e. The first-order chi connectivity index (χ1) is 13.2. The highest BCUT2D eigenvalue weighted by molar-refractivity contribution is 6.32. The van der Waals surface area contributed by atoms with E-state index in [0.717, 1.165) is 25.0 Å². The van der Waals surface area contributed by atoms with Crippen molar-refractivity contribution in [3.8, 4) is 16.9 Å². The third-order valence-electron chi connectivity index (χ3n) is 5.11. The first-order valence-electron chi connectivity index (χ1n) is 9.78. The van der Waals surface area contributed by atoms with Gasteiger partial charge in [-0.15, -0.1) is 0 Å². The van der Waals surface area contributed by atoms with Crippen molar-refractivity contribution in [2.45, 2.75) is 46.6 Å². The highest BCUT2D eigenvalue weighted by atomic mass is 35.5. The molecule has 0 atom stereocenters. The molecule has 3 aromatic rings. The van der Waals surface area contributed by atoms with Crippen molar-refractivity contribution >= 4 is 11.6 Å². The predicted octanol–water partition coefficient (Wildman–Crippen LogP) is 7.27. The maximum Gasteiger partial charge on any atom is 0.138 e. The molecule has 27 heavy (non-hydrogen) atoms. The minimum atomic E-state index is 0.526. The molecule has 0 radical (unpaired) electrons. The third-order valence-corrected chi connectivity index (χ3v) is 5.41. The van der Waals surface area contributed by atoms with Crippen LogP contribution in [0.1, 0.15) is 43.0 Å². The molecule has 0 aliphatic rings. The molecule has 0 saturated carbocycles. The minimum Gasteiger partial charge on any atom is -0.487 e. The van der Waals surface area contributed by atoms with Gasteiger partial charge in [0.1, 0.15) is 12.4 Å². The second-order valence-electron chi connectivity index (χ2n) is 6.71. The molecule has 0 spiro atoms. The molecule has 3 aromatic carbocycles. The predicted molar refractivity (Wildman–Crippen MR) is 116 cm³/mol. The normalized spacial score (nSPS) is 10.8. The van der Waals surface area contributed by atoms with E-state index in [1.165, 1.54) is 33.4 Å². The van der Waals surface area contributed by atoms with Gasteiger partial charge >= 0.3 is 0 Å². The van der Waals surface area contributed by atoms with E-state index >= 15 is 0 Å². The summed E-state index contributed by atoms with van der Waals surface area (Å²) in [6.45, 7) is 7.06. The third kappa shape index (κ3) is 4.36. The Balaban J connectivity index is 1.89. The lowest BCUT2D eigenvalue weighted by atomic mass is 9.94. The molecule has 2 heteroatoms. The lowest BCUT2D eigenvalue weighted by Gasteiger charge is -2.16. The van der Waals surface area contributed by atoms with Gasteiger partial charge in [0.15, 0.2) is 0 Å². The molecule has 0 aliphatic carbocycles. The van der Waals surface area contributed by atoms with Gasteiger partial charge in [0.2, 0.25) is 0 Å². The Labute approximate surface area is 168 Å². The number of hydrogen-bond donors (Lipinski definition) is 0. The van der Waals surface area contributed by atoms with Gasteiger partial charge in [0.25, 0.3) is 0 Å². The Morgan fingerprint density at radius 2 is 1.44 bits per heavy atom. The van der Waals surface area contributed by atoms with Gasteiger partial charge in [-0.3, -0.25) is 0 Å². The Hall–Kier alpha value is -2.25. The van der Waals surface area contributed by atoms with Crippen molar-refractivity contribution in [1.82, 2.24) is 0 Å². The minimum absolute atomic E-state index is 0.526. The van der Waals surface area contributed by atoms with Crippen molar-refractivity contribution in [1.29, 1.82) is 0 Å². The highest BCUT2D eigenvalue weighted by Gasteiger charge is 2.12. The van der Waals surface area contributed by atoms with Crippen molar-refractivity contribution < 1.29 is 4.74 Å². The Morgan fingerprint density at radius 1 is 0.741 bits per heavy atom. The Morgan fingerprint density at radius 3 is 2.11 bits per heavy atom. The number of ether oxygens (including phenoxy) is 1. The summed E-state index contributed by atoms with van der Waals surface area (Å²) in [7, 11) is 0. The molecule has 0 aromatic heterocycles. The monoisotopic (exact) mass is 378 g/mol. The first-order valence-corrected chi connectivity index (χ1v) is 10.2. The van der Waals surface area contributed by atoms with E-state index in [2.05, 4.69) is 81.4 Å².